The second-order valence-electron chi connectivity index (χ2n) is 10.3. The predicted octanol–water partition coefficient (Wildman–Crippen LogP) is 2.92. The van der Waals surface area contributed by atoms with Gasteiger partial charge in [-0.2, -0.15) is 4.98 Å². The van der Waals surface area contributed by atoms with Crippen molar-refractivity contribution in [3.63, 3.8) is 0 Å². The summed E-state index contributed by atoms with van der Waals surface area (Å²) in [6.07, 6.45) is 7.48. The van der Waals surface area contributed by atoms with Gasteiger partial charge in [0.25, 0.3) is 0 Å². The summed E-state index contributed by atoms with van der Waals surface area (Å²) < 4.78 is 0. The van der Waals surface area contributed by atoms with Gasteiger partial charge in [-0.1, -0.05) is 12.8 Å². The summed E-state index contributed by atoms with van der Waals surface area (Å²) in [5.41, 5.74) is 3.23. The third kappa shape index (κ3) is 4.79. The van der Waals surface area contributed by atoms with Crippen molar-refractivity contribution >= 4 is 29.2 Å². The van der Waals surface area contributed by atoms with Crippen molar-refractivity contribution in [2.75, 3.05) is 60.9 Å². The van der Waals surface area contributed by atoms with Gasteiger partial charge in [-0.15, -0.1) is 0 Å². The number of anilines is 4. The molecule has 2 amide bonds. The zero-order chi connectivity index (χ0) is 23.6. The van der Waals surface area contributed by atoms with E-state index in [0.29, 0.717) is 18.4 Å². The van der Waals surface area contributed by atoms with Gasteiger partial charge in [0.2, 0.25) is 5.95 Å². The summed E-state index contributed by atoms with van der Waals surface area (Å²) in [5, 5.41) is 10.2. The lowest BCUT2D eigenvalue weighted by Crippen LogP contribution is -2.52. The number of benzene rings is 1. The Labute approximate surface area is 207 Å². The first-order chi connectivity index (χ1) is 17.2. The van der Waals surface area contributed by atoms with Crippen LogP contribution in [0.2, 0.25) is 0 Å². The van der Waals surface area contributed by atoms with E-state index in [4.69, 9.17) is 4.98 Å². The van der Waals surface area contributed by atoms with Gasteiger partial charge in [0.15, 0.2) is 0 Å². The molecule has 3 fully saturated rings. The SMILES string of the molecule is O=C1N(C[C@@H]2CCNC2)Cc2cnc(Nc3ccc(N4CCNCC4)cc3)nc2N1C1CCCC1. The fourth-order valence-electron chi connectivity index (χ4n) is 5.92. The third-order valence-electron chi connectivity index (χ3n) is 7.84. The molecule has 6 rings (SSSR count). The van der Waals surface area contributed by atoms with Gasteiger partial charge in [-0.25, -0.2) is 9.78 Å². The van der Waals surface area contributed by atoms with Crippen LogP contribution in [0, 0.1) is 5.92 Å². The maximum Gasteiger partial charge on any atom is 0.326 e. The zero-order valence-corrected chi connectivity index (χ0v) is 20.4. The Morgan fingerprint density at radius 2 is 1.80 bits per heavy atom. The number of carbonyl (C=O) groups excluding carboxylic acids is 1. The lowest BCUT2D eigenvalue weighted by molar-refractivity contribution is 0.185. The van der Waals surface area contributed by atoms with Crippen molar-refractivity contribution < 1.29 is 4.79 Å². The molecule has 4 aliphatic rings. The Hall–Kier alpha value is -2.91. The van der Waals surface area contributed by atoms with Crippen LogP contribution in [-0.2, 0) is 6.54 Å². The average molecular weight is 477 g/mol. The van der Waals surface area contributed by atoms with Gasteiger partial charge < -0.3 is 25.8 Å². The second-order valence-corrected chi connectivity index (χ2v) is 10.3. The van der Waals surface area contributed by atoms with Crippen molar-refractivity contribution in [1.29, 1.82) is 0 Å². The first-order valence-electron chi connectivity index (χ1n) is 13.2. The Balaban J connectivity index is 1.22. The molecule has 0 bridgehead atoms. The van der Waals surface area contributed by atoms with Gasteiger partial charge in [-0.3, -0.25) is 4.90 Å². The number of rotatable bonds is 6. The second kappa shape index (κ2) is 9.99. The number of hydrogen-bond donors (Lipinski definition) is 3. The van der Waals surface area contributed by atoms with Gasteiger partial charge in [0.05, 0.1) is 6.54 Å². The maximum atomic E-state index is 13.7. The molecule has 4 heterocycles. The fraction of sp³-hybridized carbons (Fsp3) is 0.577. The Morgan fingerprint density at radius 1 is 1.00 bits per heavy atom. The largest absolute Gasteiger partial charge is 0.369 e. The molecule has 0 spiro atoms. The van der Waals surface area contributed by atoms with Crippen LogP contribution < -0.4 is 25.8 Å². The number of fused-ring (bicyclic) bond motifs is 1. The van der Waals surface area contributed by atoms with E-state index in [9.17, 15) is 4.79 Å². The van der Waals surface area contributed by atoms with E-state index in [1.807, 2.05) is 16.0 Å². The van der Waals surface area contributed by atoms with Crippen LogP contribution in [0.5, 0.6) is 0 Å². The molecule has 1 saturated carbocycles. The minimum atomic E-state index is 0.112. The number of aromatic nitrogens is 2. The van der Waals surface area contributed by atoms with E-state index in [1.165, 1.54) is 18.5 Å². The van der Waals surface area contributed by atoms with Crippen LogP contribution in [0.3, 0.4) is 0 Å². The number of nitrogens with one attached hydrogen (secondary N) is 3. The van der Waals surface area contributed by atoms with Gasteiger partial charge in [-0.05, 0) is 62.5 Å². The van der Waals surface area contributed by atoms with E-state index in [1.54, 1.807) is 0 Å². The zero-order valence-electron chi connectivity index (χ0n) is 20.4. The van der Waals surface area contributed by atoms with Gasteiger partial charge in [0.1, 0.15) is 5.82 Å². The van der Waals surface area contributed by atoms with E-state index in [0.717, 1.165) is 82.1 Å². The molecular weight excluding hydrogens is 440 g/mol. The summed E-state index contributed by atoms with van der Waals surface area (Å²) in [7, 11) is 0. The fourth-order valence-corrected chi connectivity index (χ4v) is 5.92. The molecule has 1 aromatic carbocycles. The number of hydrogen-bond acceptors (Lipinski definition) is 7. The number of amides is 2. The normalized spacial score (nSPS) is 23.1. The highest BCUT2D eigenvalue weighted by molar-refractivity contribution is 5.94. The Bertz CT molecular complexity index is 1030. The average Bonchev–Trinajstić information content (AvgIpc) is 3.61. The molecule has 2 saturated heterocycles. The molecule has 3 aliphatic heterocycles. The highest BCUT2D eigenvalue weighted by Crippen LogP contribution is 2.35. The summed E-state index contributed by atoms with van der Waals surface area (Å²) in [6.45, 7) is 7.53. The summed E-state index contributed by atoms with van der Waals surface area (Å²) >= 11 is 0. The lowest BCUT2D eigenvalue weighted by Gasteiger charge is -2.40. The number of piperazine rings is 1. The number of nitrogens with zero attached hydrogens (tertiary/aromatic N) is 5. The van der Waals surface area contributed by atoms with Crippen LogP contribution in [0.25, 0.3) is 0 Å². The molecule has 35 heavy (non-hydrogen) atoms. The van der Waals surface area contributed by atoms with Crippen molar-refractivity contribution in [3.05, 3.63) is 36.0 Å². The lowest BCUT2D eigenvalue weighted by atomic mass is 10.1. The molecule has 9 heteroatoms. The maximum absolute atomic E-state index is 13.7. The van der Waals surface area contributed by atoms with Crippen molar-refractivity contribution in [1.82, 2.24) is 25.5 Å². The molecule has 2 aromatic rings. The highest BCUT2D eigenvalue weighted by atomic mass is 16.2. The van der Waals surface area contributed by atoms with Crippen LogP contribution in [0.15, 0.2) is 30.5 Å². The van der Waals surface area contributed by atoms with E-state index >= 15 is 0 Å². The molecule has 0 unspecified atom stereocenters. The van der Waals surface area contributed by atoms with E-state index in [-0.39, 0.29) is 12.1 Å². The van der Waals surface area contributed by atoms with Gasteiger partial charge >= 0.3 is 6.03 Å². The topological polar surface area (TPSA) is 88.7 Å². The smallest absolute Gasteiger partial charge is 0.326 e. The summed E-state index contributed by atoms with van der Waals surface area (Å²) in [6, 6.07) is 8.80. The Morgan fingerprint density at radius 3 is 2.54 bits per heavy atom. The summed E-state index contributed by atoms with van der Waals surface area (Å²) in [4.78, 5) is 29.6. The molecule has 0 radical (unpaired) electrons. The highest BCUT2D eigenvalue weighted by Gasteiger charge is 2.38. The predicted molar refractivity (Wildman–Crippen MR) is 138 cm³/mol. The molecular formula is C26H36N8O. The quantitative estimate of drug-likeness (QED) is 0.591. The molecule has 3 N–H and O–H groups in total. The molecule has 186 valence electrons. The summed E-state index contributed by atoms with van der Waals surface area (Å²) in [5.74, 6) is 1.86. The molecule has 1 atom stereocenters. The molecule has 1 aromatic heterocycles. The van der Waals surface area contributed by atoms with E-state index < -0.39 is 0 Å². The van der Waals surface area contributed by atoms with Crippen LogP contribution in [0.1, 0.15) is 37.7 Å². The van der Waals surface area contributed by atoms with Crippen molar-refractivity contribution in [2.24, 2.45) is 5.92 Å². The third-order valence-corrected chi connectivity index (χ3v) is 7.84. The number of carbonyl (C=O) groups is 1. The van der Waals surface area contributed by atoms with Crippen LogP contribution >= 0.6 is 0 Å². The molecule has 9 nitrogen and oxygen atoms in total. The van der Waals surface area contributed by atoms with E-state index in [2.05, 4.69) is 50.1 Å². The Kier molecular flexibility index (Phi) is 6.43. The van der Waals surface area contributed by atoms with Crippen LogP contribution in [-0.4, -0.2) is 72.8 Å². The first kappa shape index (κ1) is 22.5. The van der Waals surface area contributed by atoms with Crippen molar-refractivity contribution in [3.8, 4) is 0 Å². The van der Waals surface area contributed by atoms with Crippen molar-refractivity contribution in [2.45, 2.75) is 44.7 Å². The van der Waals surface area contributed by atoms with Gasteiger partial charge in [0, 0.05) is 61.9 Å². The monoisotopic (exact) mass is 476 g/mol. The minimum Gasteiger partial charge on any atom is -0.369 e. The van der Waals surface area contributed by atoms with Crippen LogP contribution in [0.4, 0.5) is 27.9 Å². The number of urea groups is 1. The first-order valence-corrected chi connectivity index (χ1v) is 13.2. The molecule has 1 aliphatic carbocycles. The standard InChI is InChI=1S/C26H36N8O/c35-26-33(17-19-9-10-28-15-19)18-20-16-29-25(31-24(20)34(26)23-3-1-2-4-23)30-21-5-7-22(8-6-21)32-13-11-27-12-14-32/h5-8,16,19,23,27-28H,1-4,9-15,17-18H2,(H,29,30,31)/t19-/m1/s1. The minimum absolute atomic E-state index is 0.112.